The van der Waals surface area contributed by atoms with Gasteiger partial charge in [-0.05, 0) is 91.0 Å². The van der Waals surface area contributed by atoms with E-state index in [0.717, 1.165) is 22.6 Å². The molecule has 0 heterocycles. The minimum Gasteiger partial charge on any atom is -0.491 e. The summed E-state index contributed by atoms with van der Waals surface area (Å²) in [5.74, 6) is 1.47. The molecule has 0 saturated heterocycles. The summed E-state index contributed by atoms with van der Waals surface area (Å²) < 4.78 is 11.6. The first-order chi connectivity index (χ1) is 25.7. The SMILES string of the molecule is OCCOc1ccc(C2(c3ccc(C4(c5ccc(OCCO)cc5)c5ccccc5-c5ccccc54)cc3)c3ccccc3-c3ccccc32)cc1. The van der Waals surface area contributed by atoms with E-state index in [1.807, 2.05) is 24.3 Å². The summed E-state index contributed by atoms with van der Waals surface area (Å²) in [7, 11) is 0. The predicted octanol–water partition coefficient (Wildman–Crippen LogP) is 9.16. The van der Waals surface area contributed by atoms with Crippen LogP contribution in [0.5, 0.6) is 11.5 Å². The third-order valence-corrected chi connectivity index (χ3v) is 11.0. The van der Waals surface area contributed by atoms with E-state index in [1.54, 1.807) is 0 Å². The third kappa shape index (κ3) is 4.68. The van der Waals surface area contributed by atoms with Gasteiger partial charge in [0.15, 0.2) is 0 Å². The number of aliphatic hydroxyl groups is 2. The van der Waals surface area contributed by atoms with Crippen molar-refractivity contribution in [3.63, 3.8) is 0 Å². The Kier molecular flexibility index (Phi) is 7.99. The molecule has 0 fully saturated rings. The van der Waals surface area contributed by atoms with E-state index in [4.69, 9.17) is 9.47 Å². The zero-order valence-electron chi connectivity index (χ0n) is 28.7. The van der Waals surface area contributed by atoms with Crippen LogP contribution in [0.3, 0.4) is 0 Å². The first-order valence-electron chi connectivity index (χ1n) is 17.9. The van der Waals surface area contributed by atoms with Gasteiger partial charge in [0.1, 0.15) is 24.7 Å². The lowest BCUT2D eigenvalue weighted by atomic mass is 9.65. The van der Waals surface area contributed by atoms with Crippen molar-refractivity contribution in [2.24, 2.45) is 0 Å². The maximum Gasteiger partial charge on any atom is 0.119 e. The van der Waals surface area contributed by atoms with Crippen LogP contribution in [0.4, 0.5) is 0 Å². The Morgan fingerprint density at radius 3 is 0.846 bits per heavy atom. The van der Waals surface area contributed by atoms with Crippen LogP contribution >= 0.6 is 0 Å². The predicted molar refractivity (Wildman–Crippen MR) is 206 cm³/mol. The summed E-state index contributed by atoms with van der Waals surface area (Å²) in [4.78, 5) is 0. The smallest absolute Gasteiger partial charge is 0.119 e. The normalized spacial score (nSPS) is 14.2. The first kappa shape index (κ1) is 32.0. The van der Waals surface area contributed by atoms with Crippen LogP contribution in [0.25, 0.3) is 22.3 Å². The molecule has 4 heteroatoms. The van der Waals surface area contributed by atoms with Crippen LogP contribution in [0.1, 0.15) is 44.5 Å². The summed E-state index contributed by atoms with van der Waals surface area (Å²) in [6, 6.07) is 61.1. The zero-order chi connectivity index (χ0) is 35.1. The minimum atomic E-state index is -0.564. The van der Waals surface area contributed by atoms with E-state index in [9.17, 15) is 10.2 Å². The van der Waals surface area contributed by atoms with Crippen LogP contribution in [-0.4, -0.2) is 36.6 Å². The summed E-state index contributed by atoms with van der Waals surface area (Å²) >= 11 is 0. The van der Waals surface area contributed by atoms with Gasteiger partial charge in [-0.3, -0.25) is 0 Å². The molecular formula is C48H38O4. The molecule has 2 aliphatic carbocycles. The summed E-state index contributed by atoms with van der Waals surface area (Å²) in [5.41, 5.74) is 13.5. The Labute approximate surface area is 304 Å². The lowest BCUT2D eigenvalue weighted by Gasteiger charge is -2.36. The Balaban J connectivity index is 1.27. The van der Waals surface area contributed by atoms with E-state index in [0.29, 0.717) is 0 Å². The molecule has 0 atom stereocenters. The lowest BCUT2D eigenvalue weighted by molar-refractivity contribution is 0.201. The summed E-state index contributed by atoms with van der Waals surface area (Å²) in [5, 5.41) is 18.7. The molecule has 52 heavy (non-hydrogen) atoms. The highest BCUT2D eigenvalue weighted by molar-refractivity contribution is 5.88. The highest BCUT2D eigenvalue weighted by Crippen LogP contribution is 2.58. The number of ether oxygens (including phenoxy) is 2. The van der Waals surface area contributed by atoms with Gasteiger partial charge in [0, 0.05) is 0 Å². The van der Waals surface area contributed by atoms with E-state index >= 15 is 0 Å². The number of aliphatic hydroxyl groups excluding tert-OH is 2. The lowest BCUT2D eigenvalue weighted by Crippen LogP contribution is -2.30. The third-order valence-electron chi connectivity index (χ3n) is 11.0. The average molecular weight is 679 g/mol. The van der Waals surface area contributed by atoms with Gasteiger partial charge >= 0.3 is 0 Å². The summed E-state index contributed by atoms with van der Waals surface area (Å²) in [6.45, 7) is 0.446. The molecule has 0 amide bonds. The van der Waals surface area contributed by atoms with Gasteiger partial charge in [0.05, 0.1) is 24.0 Å². The van der Waals surface area contributed by atoms with E-state index < -0.39 is 10.8 Å². The second-order valence-electron chi connectivity index (χ2n) is 13.5. The molecular weight excluding hydrogens is 641 g/mol. The molecule has 0 saturated carbocycles. The first-order valence-corrected chi connectivity index (χ1v) is 17.9. The molecule has 0 spiro atoms. The maximum atomic E-state index is 9.37. The van der Waals surface area contributed by atoms with E-state index in [-0.39, 0.29) is 26.4 Å². The molecule has 2 aliphatic rings. The Bertz CT molecular complexity index is 2110. The quantitative estimate of drug-likeness (QED) is 0.152. The molecule has 0 aliphatic heterocycles. The van der Waals surface area contributed by atoms with Crippen LogP contribution in [0, 0.1) is 0 Å². The van der Waals surface area contributed by atoms with Crippen molar-refractivity contribution in [2.75, 3.05) is 26.4 Å². The second kappa shape index (κ2) is 13.0. The molecule has 0 unspecified atom stereocenters. The van der Waals surface area contributed by atoms with Gasteiger partial charge in [-0.2, -0.15) is 0 Å². The molecule has 2 N–H and O–H groups in total. The molecule has 4 nitrogen and oxygen atoms in total. The highest BCUT2D eigenvalue weighted by atomic mass is 16.5. The topological polar surface area (TPSA) is 58.9 Å². The Morgan fingerprint density at radius 1 is 0.327 bits per heavy atom. The number of benzene rings is 7. The van der Waals surface area contributed by atoms with Crippen molar-refractivity contribution in [3.05, 3.63) is 214 Å². The Morgan fingerprint density at radius 2 is 0.577 bits per heavy atom. The van der Waals surface area contributed by atoms with Crippen molar-refractivity contribution in [3.8, 4) is 33.8 Å². The molecule has 0 radical (unpaired) electrons. The molecule has 9 rings (SSSR count). The minimum absolute atomic E-state index is 0.0309. The van der Waals surface area contributed by atoms with Gasteiger partial charge in [-0.15, -0.1) is 0 Å². The number of fused-ring (bicyclic) bond motifs is 6. The van der Waals surface area contributed by atoms with E-state index in [1.165, 1.54) is 55.6 Å². The number of rotatable bonds is 10. The van der Waals surface area contributed by atoms with E-state index in [2.05, 4.69) is 146 Å². The van der Waals surface area contributed by atoms with Crippen molar-refractivity contribution in [1.82, 2.24) is 0 Å². The van der Waals surface area contributed by atoms with Crippen molar-refractivity contribution >= 4 is 0 Å². The van der Waals surface area contributed by atoms with Gasteiger partial charge in [-0.1, -0.05) is 146 Å². The monoisotopic (exact) mass is 678 g/mol. The average Bonchev–Trinajstić information content (AvgIpc) is 3.69. The molecule has 7 aromatic rings. The number of hydrogen-bond acceptors (Lipinski definition) is 4. The molecule has 7 aromatic carbocycles. The van der Waals surface area contributed by atoms with Crippen molar-refractivity contribution in [2.45, 2.75) is 10.8 Å². The molecule has 254 valence electrons. The zero-order valence-corrected chi connectivity index (χ0v) is 28.7. The molecule has 0 aromatic heterocycles. The van der Waals surface area contributed by atoms with Gasteiger partial charge in [-0.25, -0.2) is 0 Å². The van der Waals surface area contributed by atoms with Gasteiger partial charge in [0.25, 0.3) is 0 Å². The highest BCUT2D eigenvalue weighted by Gasteiger charge is 2.48. The maximum absolute atomic E-state index is 9.37. The molecule has 0 bridgehead atoms. The largest absolute Gasteiger partial charge is 0.491 e. The number of hydrogen-bond donors (Lipinski definition) is 2. The van der Waals surface area contributed by atoms with Crippen LogP contribution in [0.15, 0.2) is 170 Å². The fraction of sp³-hybridized carbons (Fsp3) is 0.125. The van der Waals surface area contributed by atoms with Gasteiger partial charge < -0.3 is 19.7 Å². The van der Waals surface area contributed by atoms with Crippen LogP contribution < -0.4 is 9.47 Å². The van der Waals surface area contributed by atoms with Crippen molar-refractivity contribution < 1.29 is 19.7 Å². The second-order valence-corrected chi connectivity index (χ2v) is 13.5. The fourth-order valence-corrected chi connectivity index (χ4v) is 8.95. The Hall–Kier alpha value is -5.94. The van der Waals surface area contributed by atoms with Crippen LogP contribution in [0.2, 0.25) is 0 Å². The van der Waals surface area contributed by atoms with Gasteiger partial charge in [0.2, 0.25) is 0 Å². The van der Waals surface area contributed by atoms with Crippen molar-refractivity contribution in [1.29, 1.82) is 0 Å². The fourth-order valence-electron chi connectivity index (χ4n) is 8.95. The van der Waals surface area contributed by atoms with Crippen LogP contribution in [-0.2, 0) is 10.8 Å². The standard InChI is InChI=1S/C48H38O4/c49-29-31-51-37-25-21-35(22-26-37)47(43-13-5-1-9-39(43)40-10-2-6-14-44(40)47)33-17-19-34(20-18-33)48(36-23-27-38(28-24-36)52-32-30-50)45-15-7-3-11-41(45)42-12-4-8-16-46(42)48/h1-28,49-50H,29-32H2. The summed E-state index contributed by atoms with van der Waals surface area (Å²) in [6.07, 6.45) is 0.